The van der Waals surface area contributed by atoms with E-state index in [1.54, 1.807) is 0 Å². The first kappa shape index (κ1) is 17.5. The van der Waals surface area contributed by atoms with Crippen molar-refractivity contribution in [1.29, 1.82) is 0 Å². The Bertz CT molecular complexity index is 719. The lowest BCUT2D eigenvalue weighted by molar-refractivity contribution is 0.213. The summed E-state index contributed by atoms with van der Waals surface area (Å²) in [4.78, 5) is 9.20. The van der Waals surface area contributed by atoms with Gasteiger partial charge in [-0.25, -0.2) is 0 Å². The molecule has 0 amide bonds. The maximum absolute atomic E-state index is 5.28. The second-order valence-electron chi connectivity index (χ2n) is 7.50. The summed E-state index contributed by atoms with van der Waals surface area (Å²) in [7, 11) is 2.11. The largest absolute Gasteiger partial charge is 0.337 e. The fourth-order valence-electron chi connectivity index (χ4n) is 4.07. The first-order chi connectivity index (χ1) is 12.7. The number of piperidine rings is 2. The Balaban J connectivity index is 1.44. The van der Waals surface area contributed by atoms with E-state index in [2.05, 4.69) is 41.8 Å². The van der Waals surface area contributed by atoms with Crippen molar-refractivity contribution < 1.29 is 4.52 Å². The first-order valence-electron chi connectivity index (χ1n) is 9.92. The topological polar surface area (TPSA) is 76.1 Å². The third-order valence-corrected chi connectivity index (χ3v) is 5.64. The third-order valence-electron chi connectivity index (χ3n) is 5.64. The fourth-order valence-corrected chi connectivity index (χ4v) is 4.07. The van der Waals surface area contributed by atoms with E-state index in [9.17, 15) is 0 Å². The minimum atomic E-state index is 0.361. The second kappa shape index (κ2) is 7.73. The van der Waals surface area contributed by atoms with E-state index < -0.39 is 0 Å². The van der Waals surface area contributed by atoms with Gasteiger partial charge in [0, 0.05) is 32.5 Å². The highest BCUT2D eigenvalue weighted by atomic mass is 16.5. The molecule has 1 unspecified atom stereocenters. The summed E-state index contributed by atoms with van der Waals surface area (Å²) < 4.78 is 7.48. The number of nitrogens with zero attached hydrogens (tertiary/aromatic N) is 7. The monoisotopic (exact) mass is 359 g/mol. The molecule has 2 fully saturated rings. The van der Waals surface area contributed by atoms with E-state index in [4.69, 9.17) is 4.52 Å². The number of aromatic nitrogens is 5. The number of hydrogen-bond acceptors (Lipinski definition) is 7. The standard InChI is InChI=1S/C18H29N7O/c1-3-16-19-18(22-26-16)25-11-7-8-14(12-25)17-21-20-15(23(17)2)13-24-9-5-4-6-10-24/h14H,3-13H2,1-2H3. The number of likely N-dealkylation sites (tertiary alicyclic amines) is 1. The van der Waals surface area contributed by atoms with Crippen LogP contribution >= 0.6 is 0 Å². The van der Waals surface area contributed by atoms with Gasteiger partial charge in [0.15, 0.2) is 0 Å². The Hall–Kier alpha value is -1.96. The van der Waals surface area contributed by atoms with Gasteiger partial charge in [-0.2, -0.15) is 4.98 Å². The molecule has 4 heterocycles. The molecule has 4 rings (SSSR count). The molecule has 0 aromatic carbocycles. The summed E-state index contributed by atoms with van der Waals surface area (Å²) in [5.74, 6) is 3.93. The molecular weight excluding hydrogens is 330 g/mol. The maximum Gasteiger partial charge on any atom is 0.266 e. The maximum atomic E-state index is 5.28. The van der Waals surface area contributed by atoms with Crippen LogP contribution in [0.5, 0.6) is 0 Å². The Morgan fingerprint density at radius 3 is 2.69 bits per heavy atom. The molecule has 8 nitrogen and oxygen atoms in total. The van der Waals surface area contributed by atoms with Crippen LogP contribution in [0.1, 0.15) is 62.5 Å². The smallest absolute Gasteiger partial charge is 0.266 e. The zero-order chi connectivity index (χ0) is 17.9. The summed E-state index contributed by atoms with van der Waals surface area (Å²) in [5, 5.41) is 13.2. The quantitative estimate of drug-likeness (QED) is 0.809. The molecule has 2 saturated heterocycles. The van der Waals surface area contributed by atoms with E-state index in [0.29, 0.717) is 17.8 Å². The molecule has 142 valence electrons. The molecule has 0 radical (unpaired) electrons. The summed E-state index contributed by atoms with van der Waals surface area (Å²) in [5.41, 5.74) is 0. The van der Waals surface area contributed by atoms with Gasteiger partial charge in [0.1, 0.15) is 11.6 Å². The Labute approximate surface area is 154 Å². The summed E-state index contributed by atoms with van der Waals surface area (Å²) in [6.45, 7) is 7.13. The second-order valence-corrected chi connectivity index (χ2v) is 7.50. The number of anilines is 1. The van der Waals surface area contributed by atoms with Crippen LogP contribution in [0.3, 0.4) is 0 Å². The van der Waals surface area contributed by atoms with Crippen molar-refractivity contribution in [2.75, 3.05) is 31.1 Å². The molecule has 2 aromatic heterocycles. The normalized spacial score (nSPS) is 22.1. The van der Waals surface area contributed by atoms with Crippen LogP contribution in [-0.4, -0.2) is 56.0 Å². The van der Waals surface area contributed by atoms with Crippen molar-refractivity contribution in [3.8, 4) is 0 Å². The molecular formula is C18H29N7O. The van der Waals surface area contributed by atoms with E-state index in [-0.39, 0.29) is 0 Å². The van der Waals surface area contributed by atoms with Gasteiger partial charge >= 0.3 is 0 Å². The third kappa shape index (κ3) is 3.60. The lowest BCUT2D eigenvalue weighted by Gasteiger charge is -2.31. The van der Waals surface area contributed by atoms with Gasteiger partial charge in [-0.1, -0.05) is 13.3 Å². The fraction of sp³-hybridized carbons (Fsp3) is 0.778. The summed E-state index contributed by atoms with van der Waals surface area (Å²) in [6.07, 6.45) is 6.96. The highest BCUT2D eigenvalue weighted by molar-refractivity contribution is 5.30. The van der Waals surface area contributed by atoms with Crippen molar-refractivity contribution >= 4 is 5.95 Å². The van der Waals surface area contributed by atoms with E-state index >= 15 is 0 Å². The summed E-state index contributed by atoms with van der Waals surface area (Å²) >= 11 is 0. The van der Waals surface area contributed by atoms with Gasteiger partial charge in [0.25, 0.3) is 5.95 Å². The molecule has 26 heavy (non-hydrogen) atoms. The molecule has 1 atom stereocenters. The lowest BCUT2D eigenvalue weighted by Crippen LogP contribution is -2.36. The average molecular weight is 359 g/mol. The minimum Gasteiger partial charge on any atom is -0.337 e. The van der Waals surface area contributed by atoms with Crippen molar-refractivity contribution in [1.82, 2.24) is 29.8 Å². The molecule has 0 saturated carbocycles. The zero-order valence-corrected chi connectivity index (χ0v) is 15.9. The predicted molar refractivity (Wildman–Crippen MR) is 98.0 cm³/mol. The van der Waals surface area contributed by atoms with Crippen LogP contribution in [0.25, 0.3) is 0 Å². The molecule has 2 aliphatic heterocycles. The van der Waals surface area contributed by atoms with Crippen molar-refractivity contribution in [3.63, 3.8) is 0 Å². The van der Waals surface area contributed by atoms with Crippen molar-refractivity contribution in [2.24, 2.45) is 7.05 Å². The Kier molecular flexibility index (Phi) is 5.19. The molecule has 0 bridgehead atoms. The number of aryl methyl sites for hydroxylation is 1. The van der Waals surface area contributed by atoms with E-state index in [1.807, 2.05) is 6.92 Å². The van der Waals surface area contributed by atoms with Crippen LogP contribution in [0.2, 0.25) is 0 Å². The van der Waals surface area contributed by atoms with Gasteiger partial charge in [-0.3, -0.25) is 4.90 Å². The first-order valence-corrected chi connectivity index (χ1v) is 9.92. The highest BCUT2D eigenvalue weighted by Crippen LogP contribution is 2.28. The van der Waals surface area contributed by atoms with Crippen molar-refractivity contribution in [2.45, 2.75) is 57.9 Å². The zero-order valence-electron chi connectivity index (χ0n) is 15.9. The Morgan fingerprint density at radius 2 is 1.92 bits per heavy atom. The van der Waals surface area contributed by atoms with Gasteiger partial charge in [0.2, 0.25) is 5.89 Å². The minimum absolute atomic E-state index is 0.361. The SMILES string of the molecule is CCc1nc(N2CCCC(c3nnc(CN4CCCCC4)n3C)C2)no1. The predicted octanol–water partition coefficient (Wildman–Crippen LogP) is 2.13. The van der Waals surface area contributed by atoms with E-state index in [1.165, 1.54) is 32.4 Å². The van der Waals surface area contributed by atoms with Gasteiger partial charge in [0.05, 0.1) is 6.54 Å². The van der Waals surface area contributed by atoms with Crippen molar-refractivity contribution in [3.05, 3.63) is 17.5 Å². The molecule has 0 spiro atoms. The molecule has 2 aliphatic rings. The Morgan fingerprint density at radius 1 is 1.08 bits per heavy atom. The van der Waals surface area contributed by atoms with Crippen LogP contribution in [-0.2, 0) is 20.0 Å². The molecule has 0 aliphatic carbocycles. The average Bonchev–Trinajstić information content (AvgIpc) is 3.30. The number of hydrogen-bond donors (Lipinski definition) is 0. The molecule has 0 N–H and O–H groups in total. The molecule has 2 aromatic rings. The highest BCUT2D eigenvalue weighted by Gasteiger charge is 2.28. The van der Waals surface area contributed by atoms with Gasteiger partial charge in [-0.05, 0) is 43.9 Å². The summed E-state index contributed by atoms with van der Waals surface area (Å²) in [6, 6.07) is 0. The molecule has 8 heteroatoms. The van der Waals surface area contributed by atoms with Crippen LogP contribution in [0, 0.1) is 0 Å². The van der Waals surface area contributed by atoms with Gasteiger partial charge in [-0.15, -0.1) is 10.2 Å². The van der Waals surface area contributed by atoms with Crippen LogP contribution in [0.4, 0.5) is 5.95 Å². The number of rotatable bonds is 5. The van der Waals surface area contributed by atoms with Crippen LogP contribution < -0.4 is 4.90 Å². The van der Waals surface area contributed by atoms with E-state index in [0.717, 1.165) is 50.5 Å². The van der Waals surface area contributed by atoms with Crippen LogP contribution in [0.15, 0.2) is 4.52 Å². The van der Waals surface area contributed by atoms with Gasteiger partial charge < -0.3 is 14.0 Å². The lowest BCUT2D eigenvalue weighted by atomic mass is 9.97.